The molecule has 87 heavy (non-hydrogen) atoms. The third-order valence-corrected chi connectivity index (χ3v) is 18.7. The van der Waals surface area contributed by atoms with Gasteiger partial charge in [0.1, 0.15) is 19.8 Å². The minimum Gasteiger partial charge on any atom is -0.462 e. The number of nitrogens with zero attached hydrogens (tertiary/aromatic N) is 1. The molecule has 0 heterocycles. The highest BCUT2D eigenvalue weighted by atomic mass is 31.2. The predicted molar refractivity (Wildman–Crippen MR) is 377 cm³/mol. The van der Waals surface area contributed by atoms with Gasteiger partial charge in [-0.25, -0.2) is 4.57 Å². The van der Waals surface area contributed by atoms with Crippen LogP contribution in [0, 0.1) is 0 Å². The van der Waals surface area contributed by atoms with Gasteiger partial charge in [0.05, 0.1) is 27.7 Å². The maximum Gasteiger partial charge on any atom is 0.472 e. The lowest BCUT2D eigenvalue weighted by molar-refractivity contribution is -0.870. The highest BCUT2D eigenvalue weighted by Gasteiger charge is 2.27. The Labute approximate surface area is 542 Å². The Morgan fingerprint density at radius 2 is 0.621 bits per heavy atom. The Hall–Kier alpha value is -1.51. The number of hydrogen-bond donors (Lipinski definition) is 1. The van der Waals surface area contributed by atoms with Crippen molar-refractivity contribution in [2.45, 2.75) is 412 Å². The van der Waals surface area contributed by atoms with Crippen molar-refractivity contribution < 1.29 is 42.1 Å². The molecule has 0 bridgehead atoms. The molecule has 10 heteroatoms. The normalized spacial score (nSPS) is 13.1. The molecule has 0 aromatic heterocycles. The van der Waals surface area contributed by atoms with Crippen molar-refractivity contribution in [3.63, 3.8) is 0 Å². The van der Waals surface area contributed by atoms with Crippen LogP contribution in [0.1, 0.15) is 406 Å². The molecular weight excluding hydrogens is 1100 g/mol. The van der Waals surface area contributed by atoms with E-state index in [4.69, 9.17) is 18.5 Å². The van der Waals surface area contributed by atoms with Gasteiger partial charge >= 0.3 is 19.8 Å². The largest absolute Gasteiger partial charge is 0.472 e. The van der Waals surface area contributed by atoms with Gasteiger partial charge in [0.15, 0.2) is 6.10 Å². The Balaban J connectivity index is 3.92. The average molecular weight is 1250 g/mol. The summed E-state index contributed by atoms with van der Waals surface area (Å²) in [5, 5.41) is 0. The van der Waals surface area contributed by atoms with Crippen LogP contribution >= 0.6 is 7.82 Å². The number of ether oxygens (including phenoxy) is 2. The molecule has 2 unspecified atom stereocenters. The van der Waals surface area contributed by atoms with E-state index in [-0.39, 0.29) is 25.6 Å². The fourth-order valence-corrected chi connectivity index (χ4v) is 12.6. The number of rotatable bonds is 73. The van der Waals surface area contributed by atoms with Crippen LogP contribution < -0.4 is 0 Å². The lowest BCUT2D eigenvalue weighted by Crippen LogP contribution is -2.37. The van der Waals surface area contributed by atoms with Crippen LogP contribution in [0.15, 0.2) is 24.3 Å². The minimum atomic E-state index is -4.39. The first-order valence-corrected chi connectivity index (χ1v) is 40.1. The summed E-state index contributed by atoms with van der Waals surface area (Å²) in [6, 6.07) is 0. The van der Waals surface area contributed by atoms with Gasteiger partial charge in [-0.05, 0) is 44.9 Å². The summed E-state index contributed by atoms with van der Waals surface area (Å²) in [7, 11) is 1.50. The fourth-order valence-electron chi connectivity index (χ4n) is 11.8. The van der Waals surface area contributed by atoms with E-state index in [2.05, 4.69) is 38.2 Å². The number of carbonyl (C=O) groups excluding carboxylic acids is 2. The summed E-state index contributed by atoms with van der Waals surface area (Å²) >= 11 is 0. The van der Waals surface area contributed by atoms with Gasteiger partial charge in [0.2, 0.25) is 0 Å². The highest BCUT2D eigenvalue weighted by molar-refractivity contribution is 7.47. The molecular formula is C77H151NO8P+. The molecule has 0 rings (SSSR count). The summed E-state index contributed by atoms with van der Waals surface area (Å²) < 4.78 is 34.8. The maximum absolute atomic E-state index is 12.9. The molecule has 0 amide bonds. The van der Waals surface area contributed by atoms with Gasteiger partial charge in [0, 0.05) is 12.8 Å². The Bertz CT molecular complexity index is 1510. The summed E-state index contributed by atoms with van der Waals surface area (Å²) in [4.78, 5) is 35.9. The Kier molecular flexibility index (Phi) is 67.7. The lowest BCUT2D eigenvalue weighted by Gasteiger charge is -2.24. The van der Waals surface area contributed by atoms with Gasteiger partial charge in [-0.15, -0.1) is 0 Å². The summed E-state index contributed by atoms with van der Waals surface area (Å²) in [5.41, 5.74) is 0. The number of phosphoric ester groups is 1. The van der Waals surface area contributed by atoms with E-state index in [1.54, 1.807) is 0 Å². The molecule has 2 atom stereocenters. The molecule has 0 fully saturated rings. The first-order valence-electron chi connectivity index (χ1n) is 38.6. The van der Waals surface area contributed by atoms with Gasteiger partial charge in [-0.2, -0.15) is 0 Å². The molecule has 9 nitrogen and oxygen atoms in total. The molecule has 1 N–H and O–H groups in total. The number of carbonyl (C=O) groups is 2. The molecule has 0 aromatic carbocycles. The van der Waals surface area contributed by atoms with Gasteiger partial charge < -0.3 is 18.9 Å². The van der Waals surface area contributed by atoms with E-state index in [0.717, 1.165) is 38.5 Å². The number of allylic oxidation sites excluding steroid dienone is 4. The zero-order valence-electron chi connectivity index (χ0n) is 59.0. The van der Waals surface area contributed by atoms with Gasteiger partial charge in [0.25, 0.3) is 0 Å². The van der Waals surface area contributed by atoms with E-state index >= 15 is 0 Å². The van der Waals surface area contributed by atoms with Crippen molar-refractivity contribution in [2.75, 3.05) is 47.5 Å². The number of unbranched alkanes of at least 4 members (excludes halogenated alkanes) is 55. The number of phosphoric acid groups is 1. The van der Waals surface area contributed by atoms with Crippen LogP contribution in [-0.2, 0) is 32.7 Å². The molecule has 0 aromatic rings. The van der Waals surface area contributed by atoms with E-state index in [9.17, 15) is 19.0 Å². The van der Waals surface area contributed by atoms with E-state index < -0.39 is 26.5 Å². The average Bonchev–Trinajstić information content (AvgIpc) is 3.56. The lowest BCUT2D eigenvalue weighted by atomic mass is 10.0. The smallest absolute Gasteiger partial charge is 0.462 e. The SMILES string of the molecule is CCCCCCC/C=C\C/C=C\CCCCCCCCCCCCCCCCCCCC(=O)OC(COC(=O)CCCCCCCCCCCCCCCCCCCCCCCCCCCCCCCCCCCC)COP(=O)(O)OCC[N+](C)(C)C. The number of esters is 2. The maximum atomic E-state index is 12.9. The molecule has 0 radical (unpaired) electrons. The second kappa shape index (κ2) is 68.8. The Morgan fingerprint density at radius 1 is 0.356 bits per heavy atom. The second-order valence-corrected chi connectivity index (χ2v) is 29.2. The molecule has 0 spiro atoms. The first-order chi connectivity index (χ1) is 42.5. The van der Waals surface area contributed by atoms with E-state index in [1.807, 2.05) is 21.1 Å². The van der Waals surface area contributed by atoms with Crippen molar-refractivity contribution in [2.24, 2.45) is 0 Å². The van der Waals surface area contributed by atoms with Gasteiger partial charge in [-0.3, -0.25) is 18.6 Å². The van der Waals surface area contributed by atoms with Crippen LogP contribution in [-0.4, -0.2) is 74.9 Å². The van der Waals surface area contributed by atoms with Crippen LogP contribution in [0.3, 0.4) is 0 Å². The molecule has 0 aliphatic rings. The van der Waals surface area contributed by atoms with Crippen LogP contribution in [0.4, 0.5) is 0 Å². The van der Waals surface area contributed by atoms with Crippen molar-refractivity contribution in [3.05, 3.63) is 24.3 Å². The third kappa shape index (κ3) is 73.4. The van der Waals surface area contributed by atoms with Crippen molar-refractivity contribution in [1.29, 1.82) is 0 Å². The van der Waals surface area contributed by atoms with Crippen LogP contribution in [0.2, 0.25) is 0 Å². The highest BCUT2D eigenvalue weighted by Crippen LogP contribution is 2.43. The number of likely N-dealkylation sites (N-methyl/N-ethyl adjacent to an activating group) is 1. The zero-order valence-corrected chi connectivity index (χ0v) is 59.9. The molecule has 0 saturated heterocycles. The molecule has 0 aliphatic carbocycles. The summed E-state index contributed by atoms with van der Waals surface area (Å²) in [6.45, 7) is 4.51. The summed E-state index contributed by atoms with van der Waals surface area (Å²) in [5.74, 6) is -0.771. The van der Waals surface area contributed by atoms with E-state index in [1.165, 1.54) is 334 Å². The van der Waals surface area contributed by atoms with Crippen molar-refractivity contribution in [1.82, 2.24) is 0 Å². The van der Waals surface area contributed by atoms with Crippen molar-refractivity contribution >= 4 is 19.8 Å². The van der Waals surface area contributed by atoms with Crippen LogP contribution in [0.25, 0.3) is 0 Å². The number of quaternary nitrogens is 1. The quantitative estimate of drug-likeness (QED) is 0.0211. The monoisotopic (exact) mass is 1250 g/mol. The second-order valence-electron chi connectivity index (χ2n) is 27.8. The summed E-state index contributed by atoms with van der Waals surface area (Å²) in [6.07, 6.45) is 87.5. The zero-order chi connectivity index (χ0) is 63.4. The first kappa shape index (κ1) is 85.5. The molecule has 0 saturated carbocycles. The molecule has 0 aliphatic heterocycles. The fraction of sp³-hybridized carbons (Fsp3) is 0.922. The van der Waals surface area contributed by atoms with Gasteiger partial charge in [-0.1, -0.05) is 372 Å². The van der Waals surface area contributed by atoms with Crippen molar-refractivity contribution in [3.8, 4) is 0 Å². The molecule has 516 valence electrons. The third-order valence-electron chi connectivity index (χ3n) is 17.7. The standard InChI is InChI=1S/C77H150NO8P/c1-6-8-10-12-14-16-18-20-22-24-26-28-30-32-34-36-37-38-39-40-42-43-45-47-49-51-53-55-57-59-61-63-65-67-69-76(79)83-73-75(74-85-87(81,82)84-72-71-78(3,4)5)86-77(80)70-68-66-64-62-60-58-56-54-52-50-48-46-44-41-35-33-31-29-27-25-23-21-19-17-15-13-11-9-7-2/h19,21,25,27,75H,6-18,20,22-24,26,28-74H2,1-5H3/p+1/b21-19-,27-25-. The minimum absolute atomic E-state index is 0.0356. The topological polar surface area (TPSA) is 108 Å². The van der Waals surface area contributed by atoms with Crippen LogP contribution in [0.5, 0.6) is 0 Å². The predicted octanol–water partition coefficient (Wildman–Crippen LogP) is 25.2. The van der Waals surface area contributed by atoms with E-state index in [0.29, 0.717) is 23.9 Å². The Morgan fingerprint density at radius 3 is 0.908 bits per heavy atom. The number of hydrogen-bond acceptors (Lipinski definition) is 7.